The highest BCUT2D eigenvalue weighted by atomic mass is 79.9. The number of anilines is 1. The molecule has 0 saturated carbocycles. The molecule has 2 aromatic carbocycles. The zero-order chi connectivity index (χ0) is 24.6. The van der Waals surface area contributed by atoms with Crippen LogP contribution in [0.2, 0.25) is 0 Å². The van der Waals surface area contributed by atoms with Gasteiger partial charge in [0.2, 0.25) is 5.88 Å². The molecule has 34 heavy (non-hydrogen) atoms. The van der Waals surface area contributed by atoms with E-state index in [9.17, 15) is 17.6 Å². The molecule has 9 nitrogen and oxygen atoms in total. The van der Waals surface area contributed by atoms with E-state index in [1.165, 1.54) is 45.7 Å². The summed E-state index contributed by atoms with van der Waals surface area (Å²) in [4.78, 5) is 16.6. The number of esters is 1. The average Bonchev–Trinajstić information content (AvgIpc) is 2.81. The van der Waals surface area contributed by atoms with Crippen LogP contribution in [-0.4, -0.2) is 40.7 Å². The van der Waals surface area contributed by atoms with Crippen molar-refractivity contribution in [1.29, 1.82) is 0 Å². The maximum atomic E-state index is 15.0. The van der Waals surface area contributed by atoms with Crippen LogP contribution in [0, 0.1) is 5.82 Å². The number of nitrogens with one attached hydrogen (secondary N) is 1. The molecule has 178 valence electrons. The number of rotatable bonds is 3. The van der Waals surface area contributed by atoms with Crippen LogP contribution in [0.5, 0.6) is 17.4 Å². The maximum Gasteiger partial charge on any atom is 0.338 e. The van der Waals surface area contributed by atoms with Crippen molar-refractivity contribution >= 4 is 37.6 Å². The summed E-state index contributed by atoms with van der Waals surface area (Å²) in [5, 5.41) is 0. The van der Waals surface area contributed by atoms with Gasteiger partial charge in [-0.05, 0) is 45.8 Å². The van der Waals surface area contributed by atoms with E-state index < -0.39 is 21.8 Å². The number of ether oxygens (including phenoxy) is 4. The Kier molecular flexibility index (Phi) is 6.36. The van der Waals surface area contributed by atoms with Gasteiger partial charge in [0.25, 0.3) is 10.0 Å². The minimum absolute atomic E-state index is 0.0419. The maximum absolute atomic E-state index is 15.0. The zero-order valence-electron chi connectivity index (χ0n) is 18.1. The molecule has 1 aliphatic rings. The van der Waals surface area contributed by atoms with Crippen molar-refractivity contribution in [2.24, 2.45) is 0 Å². The Balaban J connectivity index is 2.03. The molecule has 3 aromatic rings. The van der Waals surface area contributed by atoms with Gasteiger partial charge in [-0.25, -0.2) is 22.6 Å². The lowest BCUT2D eigenvalue weighted by Crippen LogP contribution is -2.16. The van der Waals surface area contributed by atoms with E-state index in [2.05, 4.69) is 25.6 Å². The molecule has 0 spiro atoms. The number of halogens is 2. The van der Waals surface area contributed by atoms with Gasteiger partial charge in [-0.15, -0.1) is 0 Å². The first kappa shape index (κ1) is 23.8. The van der Waals surface area contributed by atoms with Gasteiger partial charge in [-0.1, -0.05) is 0 Å². The topological polar surface area (TPSA) is 113 Å². The number of carbonyl (C=O) groups excluding carboxylic acids is 1. The summed E-state index contributed by atoms with van der Waals surface area (Å²) in [6, 6.07) is 6.62. The van der Waals surface area contributed by atoms with Gasteiger partial charge in [-0.3, -0.25) is 4.72 Å². The highest BCUT2D eigenvalue weighted by Gasteiger charge is 2.28. The lowest BCUT2D eigenvalue weighted by Gasteiger charge is -2.17. The Morgan fingerprint density at radius 2 is 1.76 bits per heavy atom. The lowest BCUT2D eigenvalue weighted by molar-refractivity contribution is 0.0472. The molecule has 0 saturated heterocycles. The summed E-state index contributed by atoms with van der Waals surface area (Å²) in [5.74, 6) is -1.70. The molecule has 1 aromatic heterocycles. The SMILES string of the molecule is COc1cc2c(cn1)-c1cc(F)c(OC)c(c1)NS(=O)(=O)c1cc(cc(Br)c1OC)C(=O)OC2. The van der Waals surface area contributed by atoms with Crippen molar-refractivity contribution in [2.45, 2.75) is 11.5 Å². The fraction of sp³-hybridized carbons (Fsp3) is 0.182. The first-order valence-electron chi connectivity index (χ1n) is 9.66. The molecule has 0 fully saturated rings. The fourth-order valence-electron chi connectivity index (χ4n) is 3.51. The van der Waals surface area contributed by atoms with Crippen molar-refractivity contribution in [3.8, 4) is 28.5 Å². The van der Waals surface area contributed by atoms with Crippen molar-refractivity contribution in [1.82, 2.24) is 4.98 Å². The molecule has 0 amide bonds. The smallest absolute Gasteiger partial charge is 0.338 e. The number of carbonyl (C=O) groups is 1. The second kappa shape index (κ2) is 9.11. The van der Waals surface area contributed by atoms with Crippen LogP contribution in [0.15, 0.2) is 45.9 Å². The number of aromatic nitrogens is 1. The van der Waals surface area contributed by atoms with Crippen molar-refractivity contribution < 1.29 is 36.6 Å². The Bertz CT molecular complexity index is 1410. The number of fused-ring (bicyclic) bond motifs is 6. The van der Waals surface area contributed by atoms with Crippen LogP contribution in [0.3, 0.4) is 0 Å². The molecule has 0 aliphatic carbocycles. The van der Waals surface area contributed by atoms with E-state index in [1.807, 2.05) is 0 Å². The Hall–Kier alpha value is -3.38. The third-order valence-electron chi connectivity index (χ3n) is 5.07. The molecule has 12 heteroatoms. The molecular formula is C22H18BrFN2O7S. The summed E-state index contributed by atoms with van der Waals surface area (Å²) in [7, 11) is -0.455. The van der Waals surface area contributed by atoms with Crippen LogP contribution in [0.25, 0.3) is 11.1 Å². The standard InChI is InChI=1S/C22H18BrFN2O7S/c1-30-19-8-13-10-33-22(27)12-4-15(23)20(31-2)18(7-12)34(28,29)26-17-6-11(14(13)9-25-19)5-16(24)21(17)32-3/h4-9,26H,10H2,1-3H3. The number of cyclic esters (lactones) is 1. The van der Waals surface area contributed by atoms with Gasteiger partial charge in [0.15, 0.2) is 17.3 Å². The van der Waals surface area contributed by atoms with Gasteiger partial charge < -0.3 is 18.9 Å². The largest absolute Gasteiger partial charge is 0.494 e. The van der Waals surface area contributed by atoms with Gasteiger partial charge >= 0.3 is 5.97 Å². The summed E-state index contributed by atoms with van der Waals surface area (Å²) >= 11 is 3.23. The molecule has 4 bridgehead atoms. The zero-order valence-corrected chi connectivity index (χ0v) is 20.5. The van der Waals surface area contributed by atoms with Crippen LogP contribution in [0.1, 0.15) is 15.9 Å². The van der Waals surface area contributed by atoms with Gasteiger partial charge in [0.05, 0.1) is 37.1 Å². The molecule has 0 atom stereocenters. The lowest BCUT2D eigenvalue weighted by atomic mass is 10.0. The van der Waals surface area contributed by atoms with Crippen LogP contribution < -0.4 is 18.9 Å². The normalized spacial score (nSPS) is 14.3. The predicted octanol–water partition coefficient (Wildman–Crippen LogP) is 4.15. The predicted molar refractivity (Wildman–Crippen MR) is 123 cm³/mol. The molecule has 0 unspecified atom stereocenters. The third-order valence-corrected chi connectivity index (χ3v) is 7.03. The van der Waals surface area contributed by atoms with Gasteiger partial charge in [0.1, 0.15) is 11.5 Å². The molecule has 1 N–H and O–H groups in total. The van der Waals surface area contributed by atoms with Crippen LogP contribution >= 0.6 is 15.9 Å². The molecule has 0 radical (unpaired) electrons. The highest BCUT2D eigenvalue weighted by molar-refractivity contribution is 9.10. The summed E-state index contributed by atoms with van der Waals surface area (Å²) in [6.45, 7) is -0.213. The number of benzene rings is 2. The highest BCUT2D eigenvalue weighted by Crippen LogP contribution is 2.40. The van der Waals surface area contributed by atoms with Crippen LogP contribution in [0.4, 0.5) is 10.1 Å². The summed E-state index contributed by atoms with van der Waals surface area (Å²) in [5.41, 5.74) is 0.941. The van der Waals surface area contributed by atoms with Gasteiger partial charge in [-0.2, -0.15) is 0 Å². The van der Waals surface area contributed by atoms with E-state index in [0.29, 0.717) is 11.1 Å². The quantitative estimate of drug-likeness (QED) is 0.482. The third kappa shape index (κ3) is 4.26. The number of nitrogens with zero attached hydrogens (tertiary/aromatic N) is 1. The Morgan fingerprint density at radius 3 is 2.44 bits per heavy atom. The average molecular weight is 553 g/mol. The number of hydrogen-bond acceptors (Lipinski definition) is 8. The van der Waals surface area contributed by atoms with Crippen LogP contribution in [-0.2, 0) is 21.4 Å². The molecular weight excluding hydrogens is 535 g/mol. The minimum atomic E-state index is -4.38. The molecule has 4 rings (SSSR count). The Labute approximate surface area is 203 Å². The number of pyridine rings is 1. The van der Waals surface area contributed by atoms with Crippen molar-refractivity contribution in [3.05, 3.63) is 57.9 Å². The van der Waals surface area contributed by atoms with Crippen molar-refractivity contribution in [2.75, 3.05) is 26.1 Å². The monoisotopic (exact) mass is 552 g/mol. The molecule has 2 heterocycles. The van der Waals surface area contributed by atoms with E-state index in [1.54, 1.807) is 6.07 Å². The molecule has 1 aliphatic heterocycles. The first-order valence-corrected chi connectivity index (χ1v) is 11.9. The second-order valence-corrected chi connectivity index (χ2v) is 9.60. The minimum Gasteiger partial charge on any atom is -0.494 e. The first-order chi connectivity index (χ1) is 16.2. The second-order valence-electron chi connectivity index (χ2n) is 7.09. The summed E-state index contributed by atoms with van der Waals surface area (Å²) < 4.78 is 65.2. The van der Waals surface area contributed by atoms with E-state index in [-0.39, 0.29) is 50.2 Å². The van der Waals surface area contributed by atoms with E-state index in [0.717, 1.165) is 6.07 Å². The Morgan fingerprint density at radius 1 is 1.03 bits per heavy atom. The van der Waals surface area contributed by atoms with Crippen molar-refractivity contribution in [3.63, 3.8) is 0 Å². The number of methoxy groups -OCH3 is 3. The fourth-order valence-corrected chi connectivity index (χ4v) is 5.53. The number of hydrogen-bond donors (Lipinski definition) is 1. The number of sulfonamides is 1. The van der Waals surface area contributed by atoms with E-state index in [4.69, 9.17) is 18.9 Å². The summed E-state index contributed by atoms with van der Waals surface area (Å²) in [6.07, 6.45) is 1.42. The van der Waals surface area contributed by atoms with Gasteiger partial charge in [0, 0.05) is 23.4 Å². The van der Waals surface area contributed by atoms with E-state index >= 15 is 0 Å².